The van der Waals surface area contributed by atoms with Gasteiger partial charge in [-0.15, -0.1) is 5.10 Å². The highest BCUT2D eigenvalue weighted by Gasteiger charge is 2.11. The second kappa shape index (κ2) is 7.30. The van der Waals surface area contributed by atoms with Crippen molar-refractivity contribution in [2.45, 2.75) is 0 Å². The normalized spacial score (nSPS) is 10.6. The molecule has 9 heteroatoms. The van der Waals surface area contributed by atoms with E-state index < -0.39 is 0 Å². The average Bonchev–Trinajstić information content (AvgIpc) is 3.05. The Morgan fingerprint density at radius 3 is 2.41 bits per heavy atom. The Morgan fingerprint density at radius 2 is 1.63 bits per heavy atom. The molecular formula is C18H15ClN8. The van der Waals surface area contributed by atoms with Gasteiger partial charge in [-0.3, -0.25) is 0 Å². The van der Waals surface area contributed by atoms with E-state index in [1.807, 2.05) is 42.5 Å². The summed E-state index contributed by atoms with van der Waals surface area (Å²) in [6.07, 6.45) is 1.44. The second-order valence-corrected chi connectivity index (χ2v) is 6.03. The fraction of sp³-hybridized carbons (Fsp3) is 0. The number of anilines is 5. The highest BCUT2D eigenvalue weighted by atomic mass is 35.5. The van der Waals surface area contributed by atoms with Crippen molar-refractivity contribution in [1.29, 1.82) is 0 Å². The molecule has 4 rings (SSSR count). The van der Waals surface area contributed by atoms with Gasteiger partial charge in [0.1, 0.15) is 12.1 Å². The zero-order valence-corrected chi connectivity index (χ0v) is 14.8. The molecular weight excluding hydrogens is 364 g/mol. The first-order valence-corrected chi connectivity index (χ1v) is 8.45. The number of nitrogens with zero attached hydrogens (tertiary/aromatic N) is 5. The molecule has 0 aliphatic rings. The Hall–Kier alpha value is -3.65. The maximum absolute atomic E-state index is 6.00. The summed E-state index contributed by atoms with van der Waals surface area (Å²) in [5, 5.41) is 11.3. The first-order valence-electron chi connectivity index (χ1n) is 8.07. The van der Waals surface area contributed by atoms with Crippen LogP contribution in [0.1, 0.15) is 0 Å². The molecule has 4 N–H and O–H groups in total. The number of aromatic nitrogens is 5. The lowest BCUT2D eigenvalue weighted by molar-refractivity contribution is 0.852. The molecule has 2 aromatic heterocycles. The maximum atomic E-state index is 6.00. The second-order valence-electron chi connectivity index (χ2n) is 5.59. The van der Waals surface area contributed by atoms with Crippen LogP contribution in [0.3, 0.4) is 0 Å². The van der Waals surface area contributed by atoms with Gasteiger partial charge in [0.15, 0.2) is 5.82 Å². The third kappa shape index (κ3) is 3.96. The van der Waals surface area contributed by atoms with Crippen LogP contribution in [-0.4, -0.2) is 24.7 Å². The van der Waals surface area contributed by atoms with Gasteiger partial charge in [0.2, 0.25) is 11.9 Å². The number of benzene rings is 2. The van der Waals surface area contributed by atoms with Crippen molar-refractivity contribution in [3.05, 3.63) is 72.0 Å². The molecule has 0 saturated carbocycles. The van der Waals surface area contributed by atoms with Crippen LogP contribution in [0.15, 0.2) is 67.0 Å². The van der Waals surface area contributed by atoms with E-state index >= 15 is 0 Å². The minimum atomic E-state index is 0.204. The molecule has 0 saturated heterocycles. The molecule has 2 heterocycles. The number of hydrogen-bond acceptors (Lipinski definition) is 7. The zero-order valence-electron chi connectivity index (χ0n) is 14.0. The van der Waals surface area contributed by atoms with Gasteiger partial charge in [0, 0.05) is 22.5 Å². The number of nitrogens with two attached hydrogens (primary N) is 1. The predicted octanol–water partition coefficient (Wildman–Crippen LogP) is 3.78. The highest BCUT2D eigenvalue weighted by Crippen LogP contribution is 2.20. The molecule has 0 spiro atoms. The van der Waals surface area contributed by atoms with E-state index in [0.29, 0.717) is 22.6 Å². The van der Waals surface area contributed by atoms with E-state index in [2.05, 4.69) is 30.7 Å². The third-order valence-corrected chi connectivity index (χ3v) is 3.90. The van der Waals surface area contributed by atoms with Crippen molar-refractivity contribution in [2.75, 3.05) is 16.4 Å². The quantitative estimate of drug-likeness (QED) is 0.485. The van der Waals surface area contributed by atoms with E-state index in [9.17, 15) is 0 Å². The van der Waals surface area contributed by atoms with Crippen LogP contribution in [0.25, 0.3) is 5.82 Å². The first kappa shape index (κ1) is 16.8. The minimum absolute atomic E-state index is 0.204. The van der Waals surface area contributed by atoms with Crippen LogP contribution in [-0.2, 0) is 0 Å². The van der Waals surface area contributed by atoms with Crippen molar-refractivity contribution in [2.24, 2.45) is 0 Å². The molecule has 0 fully saturated rings. The average molecular weight is 379 g/mol. The Kier molecular flexibility index (Phi) is 4.54. The van der Waals surface area contributed by atoms with E-state index in [0.717, 1.165) is 11.4 Å². The van der Waals surface area contributed by atoms with Gasteiger partial charge >= 0.3 is 0 Å². The summed E-state index contributed by atoms with van der Waals surface area (Å²) in [4.78, 5) is 12.7. The largest absolute Gasteiger partial charge is 0.368 e. The van der Waals surface area contributed by atoms with Gasteiger partial charge in [-0.2, -0.15) is 9.67 Å². The van der Waals surface area contributed by atoms with Gasteiger partial charge in [0.05, 0.1) is 0 Å². The van der Waals surface area contributed by atoms with Gasteiger partial charge in [0.25, 0.3) is 0 Å². The van der Waals surface area contributed by atoms with Gasteiger partial charge in [-0.25, -0.2) is 9.97 Å². The standard InChI is InChI=1S/C18H15ClN8/c19-12-6-8-14(9-7-12)24-18-25-17(20)27(26-18)16-10-15(21-11-22-16)23-13-4-2-1-3-5-13/h1-11H,(H,21,22,23)(H3,20,24,25,26). The summed E-state index contributed by atoms with van der Waals surface area (Å²) in [7, 11) is 0. The van der Waals surface area contributed by atoms with E-state index in [1.165, 1.54) is 11.0 Å². The minimum Gasteiger partial charge on any atom is -0.368 e. The molecule has 0 unspecified atom stereocenters. The van der Waals surface area contributed by atoms with Crippen LogP contribution in [0.2, 0.25) is 5.02 Å². The predicted molar refractivity (Wildman–Crippen MR) is 106 cm³/mol. The van der Waals surface area contributed by atoms with Crippen molar-refractivity contribution in [1.82, 2.24) is 24.7 Å². The summed E-state index contributed by atoms with van der Waals surface area (Å²) in [5.74, 6) is 1.67. The van der Waals surface area contributed by atoms with Crippen LogP contribution in [0, 0.1) is 0 Å². The lowest BCUT2D eigenvalue weighted by Crippen LogP contribution is -2.06. The molecule has 0 amide bonds. The van der Waals surface area contributed by atoms with E-state index in [1.54, 1.807) is 18.2 Å². The summed E-state index contributed by atoms with van der Waals surface area (Å²) in [6.45, 7) is 0. The molecule has 2 aromatic carbocycles. The topological polar surface area (TPSA) is 107 Å². The lowest BCUT2D eigenvalue weighted by atomic mass is 10.3. The number of para-hydroxylation sites is 1. The molecule has 4 aromatic rings. The number of hydrogen-bond donors (Lipinski definition) is 3. The molecule has 134 valence electrons. The Morgan fingerprint density at radius 1 is 0.889 bits per heavy atom. The summed E-state index contributed by atoms with van der Waals surface area (Å²) in [5.41, 5.74) is 7.71. The molecule has 27 heavy (non-hydrogen) atoms. The Bertz CT molecular complexity index is 1050. The first-order chi connectivity index (χ1) is 13.2. The third-order valence-electron chi connectivity index (χ3n) is 3.65. The maximum Gasteiger partial charge on any atom is 0.248 e. The van der Waals surface area contributed by atoms with Crippen molar-refractivity contribution >= 4 is 40.7 Å². The lowest BCUT2D eigenvalue weighted by Gasteiger charge is -2.07. The Balaban J connectivity index is 1.57. The molecule has 0 aliphatic heterocycles. The zero-order chi connectivity index (χ0) is 18.6. The van der Waals surface area contributed by atoms with E-state index in [4.69, 9.17) is 17.3 Å². The highest BCUT2D eigenvalue weighted by molar-refractivity contribution is 6.30. The summed E-state index contributed by atoms with van der Waals surface area (Å²) < 4.78 is 1.44. The van der Waals surface area contributed by atoms with Crippen molar-refractivity contribution < 1.29 is 0 Å². The van der Waals surface area contributed by atoms with Crippen LogP contribution >= 0.6 is 11.6 Å². The van der Waals surface area contributed by atoms with Gasteiger partial charge in [-0.05, 0) is 36.4 Å². The van der Waals surface area contributed by atoms with Crippen LogP contribution < -0.4 is 16.4 Å². The SMILES string of the molecule is Nc1nc(Nc2ccc(Cl)cc2)nn1-c1cc(Nc2ccccc2)ncn1. The van der Waals surface area contributed by atoms with Gasteiger partial charge < -0.3 is 16.4 Å². The smallest absolute Gasteiger partial charge is 0.248 e. The van der Waals surface area contributed by atoms with Crippen LogP contribution in [0.5, 0.6) is 0 Å². The number of rotatable bonds is 5. The fourth-order valence-electron chi connectivity index (χ4n) is 2.41. The fourth-order valence-corrected chi connectivity index (χ4v) is 2.53. The van der Waals surface area contributed by atoms with Crippen molar-refractivity contribution in [3.8, 4) is 5.82 Å². The molecule has 0 radical (unpaired) electrons. The Labute approximate surface area is 160 Å². The molecule has 0 aliphatic carbocycles. The number of nitrogen functional groups attached to an aromatic ring is 1. The molecule has 8 nitrogen and oxygen atoms in total. The monoisotopic (exact) mass is 378 g/mol. The summed E-state index contributed by atoms with van der Waals surface area (Å²) >= 11 is 5.89. The van der Waals surface area contributed by atoms with Crippen LogP contribution in [0.4, 0.5) is 29.1 Å². The molecule has 0 bridgehead atoms. The van der Waals surface area contributed by atoms with Crippen molar-refractivity contribution in [3.63, 3.8) is 0 Å². The van der Waals surface area contributed by atoms with E-state index in [-0.39, 0.29) is 5.95 Å². The molecule has 0 atom stereocenters. The van der Waals surface area contributed by atoms with Gasteiger partial charge in [-0.1, -0.05) is 29.8 Å². The summed E-state index contributed by atoms with van der Waals surface area (Å²) in [6, 6.07) is 18.7. The number of nitrogens with one attached hydrogen (secondary N) is 2. The number of halogens is 1.